The number of carbonyl (C=O) groups excluding carboxylic acids is 2. The van der Waals surface area contributed by atoms with E-state index in [1.165, 1.54) is 11.8 Å². The molecule has 0 bridgehead atoms. The monoisotopic (exact) mass is 536 g/mol. The highest BCUT2D eigenvalue weighted by Gasteiger charge is 2.23. The van der Waals surface area contributed by atoms with Crippen molar-refractivity contribution in [3.63, 3.8) is 0 Å². The molecule has 2 aromatic carbocycles. The first-order chi connectivity index (χ1) is 14.4. The van der Waals surface area contributed by atoms with Crippen LogP contribution in [0.2, 0.25) is 0 Å². The van der Waals surface area contributed by atoms with E-state index in [-0.39, 0.29) is 30.6 Å². The summed E-state index contributed by atoms with van der Waals surface area (Å²) in [6.07, 6.45) is 0.173. The first kappa shape index (κ1) is 20.5. The molecule has 0 aliphatic carbocycles. The molecule has 2 heterocycles. The minimum absolute atomic E-state index is 0.0113. The lowest BCUT2D eigenvalue weighted by atomic mass is 10.1. The Kier molecular flexibility index (Phi) is 5.86. The summed E-state index contributed by atoms with van der Waals surface area (Å²) in [5.74, 6) is 0.629. The molecule has 154 valence electrons. The second-order valence-corrected chi connectivity index (χ2v) is 8.63. The van der Waals surface area contributed by atoms with E-state index in [9.17, 15) is 9.59 Å². The van der Waals surface area contributed by atoms with Crippen molar-refractivity contribution in [1.82, 2.24) is 9.55 Å². The van der Waals surface area contributed by atoms with Gasteiger partial charge in [-0.1, -0.05) is 42.1 Å². The molecule has 1 aliphatic rings. The zero-order chi connectivity index (χ0) is 21.3. The van der Waals surface area contributed by atoms with E-state index in [2.05, 4.69) is 32.9 Å². The Hall–Kier alpha value is -2.73. The molecule has 1 aliphatic heterocycles. The van der Waals surface area contributed by atoms with E-state index < -0.39 is 5.91 Å². The van der Waals surface area contributed by atoms with Gasteiger partial charge in [-0.3, -0.25) is 9.59 Å². The number of hydrogen-bond acceptors (Lipinski definition) is 6. The van der Waals surface area contributed by atoms with E-state index in [0.717, 1.165) is 14.0 Å². The van der Waals surface area contributed by atoms with E-state index in [0.29, 0.717) is 16.7 Å². The highest BCUT2D eigenvalue weighted by molar-refractivity contribution is 14.1. The summed E-state index contributed by atoms with van der Waals surface area (Å²) < 4.78 is 13.4. The van der Waals surface area contributed by atoms with Crippen LogP contribution >= 0.6 is 34.4 Å². The van der Waals surface area contributed by atoms with Crippen LogP contribution in [0, 0.1) is 3.57 Å². The summed E-state index contributed by atoms with van der Waals surface area (Å²) >= 11 is 3.54. The standard InChI is InChI=1S/C20H17IN4O4S/c1-25-19(23-16(26)7-11-5-3-2-4-6-11)17(18(22)27)24-20(25)30-15-9-14-13(8-12(15)21)28-10-29-14/h2-6,8-9H,7,10H2,1H3,(H2,22,27)(H,23,26). The van der Waals surface area contributed by atoms with Crippen molar-refractivity contribution in [1.29, 1.82) is 0 Å². The van der Waals surface area contributed by atoms with Crippen molar-refractivity contribution in [2.24, 2.45) is 12.8 Å². The van der Waals surface area contributed by atoms with Crippen LogP contribution in [0.15, 0.2) is 52.5 Å². The van der Waals surface area contributed by atoms with E-state index >= 15 is 0 Å². The summed E-state index contributed by atoms with van der Waals surface area (Å²) in [4.78, 5) is 29.7. The third-order valence-corrected chi connectivity index (χ3v) is 6.75. The number of primary amides is 1. The second kappa shape index (κ2) is 8.56. The Morgan fingerprint density at radius 3 is 2.63 bits per heavy atom. The number of carbonyl (C=O) groups is 2. The van der Waals surface area contributed by atoms with Crippen LogP contribution in [-0.4, -0.2) is 28.2 Å². The first-order valence-electron chi connectivity index (χ1n) is 8.89. The van der Waals surface area contributed by atoms with Crippen molar-refractivity contribution in [3.8, 4) is 11.5 Å². The molecule has 8 nitrogen and oxygen atoms in total. The summed E-state index contributed by atoms with van der Waals surface area (Å²) in [5.41, 5.74) is 6.38. The number of hydrogen-bond donors (Lipinski definition) is 2. The van der Waals surface area contributed by atoms with Crippen molar-refractivity contribution in [3.05, 3.63) is 57.3 Å². The molecule has 1 aromatic heterocycles. The largest absolute Gasteiger partial charge is 0.454 e. The molecule has 30 heavy (non-hydrogen) atoms. The average molecular weight is 536 g/mol. The number of rotatable bonds is 6. The zero-order valence-corrected chi connectivity index (χ0v) is 18.8. The maximum atomic E-state index is 12.5. The fourth-order valence-electron chi connectivity index (χ4n) is 2.92. The summed E-state index contributed by atoms with van der Waals surface area (Å²) in [7, 11) is 1.72. The topological polar surface area (TPSA) is 108 Å². The highest BCUT2D eigenvalue weighted by atomic mass is 127. The molecule has 10 heteroatoms. The molecule has 2 amide bonds. The van der Waals surface area contributed by atoms with Crippen LogP contribution in [-0.2, 0) is 18.3 Å². The van der Waals surface area contributed by atoms with Crippen molar-refractivity contribution >= 4 is 52.0 Å². The van der Waals surface area contributed by atoms with Crippen LogP contribution in [0.3, 0.4) is 0 Å². The lowest BCUT2D eigenvalue weighted by Crippen LogP contribution is -2.20. The predicted octanol–water partition coefficient (Wildman–Crippen LogP) is 3.18. The van der Waals surface area contributed by atoms with E-state index in [1.54, 1.807) is 11.6 Å². The van der Waals surface area contributed by atoms with Gasteiger partial charge in [0.2, 0.25) is 12.7 Å². The van der Waals surface area contributed by atoms with Gasteiger partial charge in [-0.25, -0.2) is 4.98 Å². The van der Waals surface area contributed by atoms with Crippen LogP contribution in [0.1, 0.15) is 16.1 Å². The molecular formula is C20H17IN4O4S. The molecule has 0 unspecified atom stereocenters. The van der Waals surface area contributed by atoms with Gasteiger partial charge < -0.3 is 25.1 Å². The predicted molar refractivity (Wildman–Crippen MR) is 120 cm³/mol. The SMILES string of the molecule is Cn1c(Sc2cc3c(cc2I)OCO3)nc(C(N)=O)c1NC(=O)Cc1ccccc1. The Morgan fingerprint density at radius 1 is 1.23 bits per heavy atom. The van der Waals surface area contributed by atoms with Gasteiger partial charge in [0.15, 0.2) is 22.3 Å². The van der Waals surface area contributed by atoms with Gasteiger partial charge in [-0.2, -0.15) is 0 Å². The molecule has 4 rings (SSSR count). The van der Waals surface area contributed by atoms with Gasteiger partial charge in [0, 0.05) is 15.5 Å². The summed E-state index contributed by atoms with van der Waals surface area (Å²) in [5, 5.41) is 3.28. The molecule has 0 spiro atoms. The van der Waals surface area contributed by atoms with Crippen molar-refractivity contribution in [2.45, 2.75) is 16.5 Å². The Labute approximate surface area is 190 Å². The third kappa shape index (κ3) is 4.24. The lowest BCUT2D eigenvalue weighted by Gasteiger charge is -2.09. The number of nitrogens with zero attached hydrogens (tertiary/aromatic N) is 2. The number of fused-ring (bicyclic) bond motifs is 1. The fourth-order valence-corrected chi connectivity index (χ4v) is 4.57. The van der Waals surface area contributed by atoms with Crippen LogP contribution < -0.4 is 20.5 Å². The van der Waals surface area contributed by atoms with Crippen LogP contribution in [0.5, 0.6) is 11.5 Å². The van der Waals surface area contributed by atoms with Gasteiger partial charge in [0.25, 0.3) is 5.91 Å². The molecule has 0 fully saturated rings. The number of amides is 2. The minimum atomic E-state index is -0.715. The molecule has 0 saturated heterocycles. The zero-order valence-electron chi connectivity index (χ0n) is 15.8. The molecule has 3 N–H and O–H groups in total. The maximum Gasteiger partial charge on any atom is 0.271 e. The first-order valence-corrected chi connectivity index (χ1v) is 10.8. The maximum absolute atomic E-state index is 12.5. The Balaban J connectivity index is 1.60. The summed E-state index contributed by atoms with van der Waals surface area (Å²) in [6, 6.07) is 13.1. The van der Waals surface area contributed by atoms with E-state index in [1.807, 2.05) is 42.5 Å². The average Bonchev–Trinajstić information content (AvgIpc) is 3.28. The third-order valence-electron chi connectivity index (χ3n) is 4.38. The molecule has 3 aromatic rings. The normalized spacial score (nSPS) is 12.1. The molecule has 0 radical (unpaired) electrons. The quantitative estimate of drug-likeness (QED) is 0.469. The number of nitrogens with one attached hydrogen (secondary N) is 1. The molecule has 0 saturated carbocycles. The van der Waals surface area contributed by atoms with Crippen LogP contribution in [0.4, 0.5) is 5.82 Å². The van der Waals surface area contributed by atoms with E-state index in [4.69, 9.17) is 15.2 Å². The number of anilines is 1. The Morgan fingerprint density at radius 2 is 1.93 bits per heavy atom. The Bertz CT molecular complexity index is 1130. The number of halogens is 1. The van der Waals surface area contributed by atoms with Gasteiger partial charge in [-0.15, -0.1) is 0 Å². The van der Waals surface area contributed by atoms with Crippen molar-refractivity contribution in [2.75, 3.05) is 12.1 Å². The number of benzene rings is 2. The smallest absolute Gasteiger partial charge is 0.271 e. The van der Waals surface area contributed by atoms with Gasteiger partial charge in [0.1, 0.15) is 5.82 Å². The number of aromatic nitrogens is 2. The van der Waals surface area contributed by atoms with Gasteiger partial charge >= 0.3 is 0 Å². The lowest BCUT2D eigenvalue weighted by molar-refractivity contribution is -0.115. The minimum Gasteiger partial charge on any atom is -0.454 e. The van der Waals surface area contributed by atoms with Gasteiger partial charge in [-0.05, 0) is 40.3 Å². The number of nitrogens with two attached hydrogens (primary N) is 1. The second-order valence-electron chi connectivity index (χ2n) is 6.46. The summed E-state index contributed by atoms with van der Waals surface area (Å²) in [6.45, 7) is 0.186. The van der Waals surface area contributed by atoms with Gasteiger partial charge in [0.05, 0.1) is 6.42 Å². The molecule has 0 atom stereocenters. The highest BCUT2D eigenvalue weighted by Crippen LogP contribution is 2.41. The van der Waals surface area contributed by atoms with Crippen LogP contribution in [0.25, 0.3) is 0 Å². The molecular weight excluding hydrogens is 519 g/mol. The fraction of sp³-hybridized carbons (Fsp3) is 0.150. The number of ether oxygens (including phenoxy) is 2. The number of imidazole rings is 1. The van der Waals surface area contributed by atoms with Crippen molar-refractivity contribution < 1.29 is 19.1 Å².